The smallest absolute Gasteiger partial charge is 0.317 e. The van der Waals surface area contributed by atoms with E-state index in [1.165, 1.54) is 5.57 Å². The number of nitrogens with zero attached hydrogens (tertiary/aromatic N) is 7. The van der Waals surface area contributed by atoms with E-state index >= 15 is 0 Å². The van der Waals surface area contributed by atoms with Gasteiger partial charge in [0.25, 0.3) is 0 Å². The lowest BCUT2D eigenvalue weighted by Gasteiger charge is -2.27. The number of urea groups is 1. The number of nitrogens with one attached hydrogen (secondary N) is 1. The van der Waals surface area contributed by atoms with Crippen LogP contribution in [0.3, 0.4) is 0 Å². The summed E-state index contributed by atoms with van der Waals surface area (Å²) in [6, 6.07) is 0.396. The normalized spacial score (nSPS) is 19.9. The first-order chi connectivity index (χ1) is 13.5. The summed E-state index contributed by atoms with van der Waals surface area (Å²) in [4.78, 5) is 19.1. The fourth-order valence-electron chi connectivity index (χ4n) is 3.79. The van der Waals surface area contributed by atoms with Crippen LogP contribution in [0.2, 0.25) is 0 Å². The molecule has 1 N–H and O–H groups in total. The molecule has 2 aliphatic rings. The molecule has 150 valence electrons. The Morgan fingerprint density at radius 1 is 1.29 bits per heavy atom. The average Bonchev–Trinajstić information content (AvgIpc) is 3.21. The van der Waals surface area contributed by atoms with Gasteiger partial charge < -0.3 is 10.2 Å². The van der Waals surface area contributed by atoms with Crippen molar-refractivity contribution in [1.29, 1.82) is 0 Å². The lowest BCUT2D eigenvalue weighted by Crippen LogP contribution is -2.48. The van der Waals surface area contributed by atoms with E-state index in [2.05, 4.69) is 45.6 Å². The average molecular weight is 384 g/mol. The molecule has 2 aromatic rings. The van der Waals surface area contributed by atoms with Crippen LogP contribution in [0.4, 0.5) is 4.79 Å². The van der Waals surface area contributed by atoms with Gasteiger partial charge in [-0.25, -0.2) is 19.1 Å². The van der Waals surface area contributed by atoms with Gasteiger partial charge in [0.05, 0.1) is 18.8 Å². The molecule has 1 unspecified atom stereocenters. The van der Waals surface area contributed by atoms with Crippen LogP contribution in [0.15, 0.2) is 12.3 Å². The number of carbonyl (C=O) groups excluding carboxylic acids is 1. The number of carbonyl (C=O) groups is 1. The van der Waals surface area contributed by atoms with Crippen molar-refractivity contribution in [2.24, 2.45) is 0 Å². The minimum atomic E-state index is 0.00534. The minimum absolute atomic E-state index is 0.00534. The largest absolute Gasteiger partial charge is 0.333 e. The SMILES string of the molecule is Cc1nc2n(n1)CC(NC(=O)N1CCC=C(c3cn(C(C)C)nn3)CC1)CC2. The fraction of sp³-hybridized carbons (Fsp3) is 0.632. The Bertz CT molecular complexity index is 880. The van der Waals surface area contributed by atoms with E-state index in [1.807, 2.05) is 27.4 Å². The summed E-state index contributed by atoms with van der Waals surface area (Å²) >= 11 is 0. The molecular weight excluding hydrogens is 356 g/mol. The zero-order valence-electron chi connectivity index (χ0n) is 16.8. The maximum absolute atomic E-state index is 12.8. The molecule has 28 heavy (non-hydrogen) atoms. The highest BCUT2D eigenvalue weighted by Crippen LogP contribution is 2.21. The Hall–Kier alpha value is -2.71. The van der Waals surface area contributed by atoms with Crippen molar-refractivity contribution >= 4 is 11.6 Å². The quantitative estimate of drug-likeness (QED) is 0.873. The first kappa shape index (κ1) is 18.6. The molecule has 0 bridgehead atoms. The first-order valence-corrected chi connectivity index (χ1v) is 10.1. The lowest BCUT2D eigenvalue weighted by molar-refractivity contribution is 0.192. The lowest BCUT2D eigenvalue weighted by atomic mass is 10.1. The van der Waals surface area contributed by atoms with Crippen LogP contribution < -0.4 is 5.32 Å². The number of rotatable bonds is 3. The van der Waals surface area contributed by atoms with Gasteiger partial charge in [-0.3, -0.25) is 0 Å². The van der Waals surface area contributed by atoms with E-state index in [9.17, 15) is 4.79 Å². The fourth-order valence-corrected chi connectivity index (χ4v) is 3.79. The van der Waals surface area contributed by atoms with Crippen molar-refractivity contribution in [2.45, 2.75) is 65.1 Å². The number of hydrogen-bond acceptors (Lipinski definition) is 5. The van der Waals surface area contributed by atoms with E-state index in [0.717, 1.165) is 43.0 Å². The van der Waals surface area contributed by atoms with Gasteiger partial charge in [0.15, 0.2) is 0 Å². The molecule has 0 aliphatic carbocycles. The zero-order valence-corrected chi connectivity index (χ0v) is 16.8. The summed E-state index contributed by atoms with van der Waals surface area (Å²) in [5.41, 5.74) is 2.08. The molecular formula is C19H28N8O. The first-order valence-electron chi connectivity index (χ1n) is 10.1. The molecule has 2 aliphatic heterocycles. The van der Waals surface area contributed by atoms with Gasteiger partial charge >= 0.3 is 6.03 Å². The molecule has 0 fully saturated rings. The Labute approximate surface area is 164 Å². The maximum atomic E-state index is 12.8. The second kappa shape index (κ2) is 7.73. The van der Waals surface area contributed by atoms with Crippen LogP contribution >= 0.6 is 0 Å². The zero-order chi connectivity index (χ0) is 19.7. The molecule has 9 nitrogen and oxygen atoms in total. The highest BCUT2D eigenvalue weighted by molar-refractivity contribution is 5.75. The van der Waals surface area contributed by atoms with E-state index in [-0.39, 0.29) is 12.1 Å². The van der Waals surface area contributed by atoms with E-state index in [4.69, 9.17) is 0 Å². The summed E-state index contributed by atoms with van der Waals surface area (Å²) in [6.07, 6.45) is 7.55. The summed E-state index contributed by atoms with van der Waals surface area (Å²) in [5, 5.41) is 16.1. The summed E-state index contributed by atoms with van der Waals surface area (Å²) in [7, 11) is 0. The molecule has 0 saturated heterocycles. The Morgan fingerprint density at radius 2 is 2.14 bits per heavy atom. The predicted octanol–water partition coefficient (Wildman–Crippen LogP) is 1.96. The summed E-state index contributed by atoms with van der Waals surface area (Å²) in [5.74, 6) is 1.81. The predicted molar refractivity (Wildman–Crippen MR) is 105 cm³/mol. The number of aromatic nitrogens is 6. The molecule has 1 atom stereocenters. The highest BCUT2D eigenvalue weighted by atomic mass is 16.2. The van der Waals surface area contributed by atoms with E-state index in [0.29, 0.717) is 25.7 Å². The van der Waals surface area contributed by atoms with Crippen molar-refractivity contribution in [3.63, 3.8) is 0 Å². The molecule has 4 heterocycles. The van der Waals surface area contributed by atoms with Crippen LogP contribution in [0.1, 0.15) is 56.5 Å². The molecule has 2 aromatic heterocycles. The van der Waals surface area contributed by atoms with Gasteiger partial charge in [0.2, 0.25) is 0 Å². The minimum Gasteiger partial charge on any atom is -0.333 e. The molecule has 4 rings (SSSR count). The topological polar surface area (TPSA) is 93.8 Å². The number of aryl methyl sites for hydroxylation is 2. The van der Waals surface area contributed by atoms with Gasteiger partial charge in [0, 0.05) is 25.6 Å². The Morgan fingerprint density at radius 3 is 2.93 bits per heavy atom. The van der Waals surface area contributed by atoms with Crippen molar-refractivity contribution in [3.8, 4) is 0 Å². The Balaban J connectivity index is 1.33. The van der Waals surface area contributed by atoms with Crippen molar-refractivity contribution < 1.29 is 4.79 Å². The second-order valence-corrected chi connectivity index (χ2v) is 7.88. The van der Waals surface area contributed by atoms with Gasteiger partial charge in [-0.15, -0.1) is 5.10 Å². The monoisotopic (exact) mass is 384 g/mol. The number of amides is 2. The maximum Gasteiger partial charge on any atom is 0.317 e. The molecule has 9 heteroatoms. The van der Waals surface area contributed by atoms with Gasteiger partial charge in [-0.05, 0) is 45.6 Å². The second-order valence-electron chi connectivity index (χ2n) is 7.88. The van der Waals surface area contributed by atoms with Crippen molar-refractivity contribution in [1.82, 2.24) is 40.0 Å². The van der Waals surface area contributed by atoms with Crippen LogP contribution in [0.25, 0.3) is 5.57 Å². The molecule has 0 saturated carbocycles. The van der Waals surface area contributed by atoms with Crippen LogP contribution in [0.5, 0.6) is 0 Å². The van der Waals surface area contributed by atoms with Gasteiger partial charge in [0.1, 0.15) is 17.3 Å². The third kappa shape index (κ3) is 3.93. The van der Waals surface area contributed by atoms with E-state index in [1.54, 1.807) is 0 Å². The third-order valence-electron chi connectivity index (χ3n) is 5.39. The third-order valence-corrected chi connectivity index (χ3v) is 5.39. The van der Waals surface area contributed by atoms with Crippen molar-refractivity contribution in [2.75, 3.05) is 13.1 Å². The molecule has 0 radical (unpaired) electrons. The van der Waals surface area contributed by atoms with Crippen LogP contribution in [0, 0.1) is 6.92 Å². The standard InChI is InChI=1S/C19H28N8O/c1-13(2)26-12-17(22-24-26)15-5-4-9-25(10-8-15)19(28)21-16-6-7-18-20-14(3)23-27(18)11-16/h5,12-13,16H,4,6-11H2,1-3H3,(H,21,28). The van der Waals surface area contributed by atoms with Gasteiger partial charge in [-0.1, -0.05) is 11.3 Å². The summed E-state index contributed by atoms with van der Waals surface area (Å²) in [6.45, 7) is 8.17. The van der Waals surface area contributed by atoms with Crippen LogP contribution in [-0.2, 0) is 13.0 Å². The molecule has 2 amide bonds. The van der Waals surface area contributed by atoms with E-state index < -0.39 is 0 Å². The number of fused-ring (bicyclic) bond motifs is 1. The number of hydrogen-bond donors (Lipinski definition) is 1. The molecule has 0 aromatic carbocycles. The van der Waals surface area contributed by atoms with Crippen LogP contribution in [-0.4, -0.2) is 59.8 Å². The highest BCUT2D eigenvalue weighted by Gasteiger charge is 2.25. The molecule has 0 spiro atoms. The Kier molecular flexibility index (Phi) is 5.15. The van der Waals surface area contributed by atoms with Crippen molar-refractivity contribution in [3.05, 3.63) is 29.6 Å². The van der Waals surface area contributed by atoms with Gasteiger partial charge in [-0.2, -0.15) is 5.10 Å². The summed E-state index contributed by atoms with van der Waals surface area (Å²) < 4.78 is 3.79.